The van der Waals surface area contributed by atoms with Crippen molar-refractivity contribution >= 4 is 52.5 Å². The van der Waals surface area contributed by atoms with E-state index >= 15 is 0 Å². The number of phenols is 1. The third-order valence-electron chi connectivity index (χ3n) is 5.14. The first kappa shape index (κ1) is 24.5. The fraction of sp³-hybridized carbons (Fsp3) is 0.240. The van der Waals surface area contributed by atoms with Crippen molar-refractivity contribution < 1.29 is 19.4 Å². The molecule has 1 heterocycles. The van der Waals surface area contributed by atoms with Gasteiger partial charge in [-0.3, -0.25) is 19.8 Å². The number of rotatable bonds is 8. The average Bonchev–Trinajstić information content (AvgIpc) is 2.78. The summed E-state index contributed by atoms with van der Waals surface area (Å²) < 4.78 is 5.10. The van der Waals surface area contributed by atoms with Gasteiger partial charge >= 0.3 is 0 Å². The Morgan fingerprint density at radius 2 is 1.91 bits per heavy atom. The quantitative estimate of drug-likeness (QED) is 0.227. The predicted molar refractivity (Wildman–Crippen MR) is 135 cm³/mol. The summed E-state index contributed by atoms with van der Waals surface area (Å²) in [5.74, 6) is -0.677. The molecule has 0 bridgehead atoms. The Balaban J connectivity index is 1.99. The van der Waals surface area contributed by atoms with E-state index in [1.54, 1.807) is 48.5 Å². The molecular formula is C25H25ClN2O4S. The first-order valence-electron chi connectivity index (χ1n) is 10.6. The van der Waals surface area contributed by atoms with Crippen LogP contribution in [0.1, 0.15) is 38.2 Å². The second-order valence-corrected chi connectivity index (χ2v) is 8.37. The van der Waals surface area contributed by atoms with Gasteiger partial charge in [-0.15, -0.1) is 0 Å². The number of ether oxygens (including phenoxy) is 1. The third kappa shape index (κ3) is 6.00. The number of amides is 2. The number of anilines is 1. The van der Waals surface area contributed by atoms with Gasteiger partial charge < -0.3 is 9.84 Å². The van der Waals surface area contributed by atoms with Gasteiger partial charge in [-0.05, 0) is 78.7 Å². The van der Waals surface area contributed by atoms with Gasteiger partial charge in [0, 0.05) is 5.02 Å². The predicted octanol–water partition coefficient (Wildman–Crippen LogP) is 5.39. The Bertz CT molecular complexity index is 1130. The Morgan fingerprint density at radius 1 is 1.18 bits per heavy atom. The molecule has 0 spiro atoms. The minimum absolute atomic E-state index is 0.0116. The fourth-order valence-corrected chi connectivity index (χ4v) is 3.85. The van der Waals surface area contributed by atoms with Crippen molar-refractivity contribution in [3.05, 3.63) is 70.3 Å². The van der Waals surface area contributed by atoms with E-state index in [-0.39, 0.29) is 16.4 Å². The van der Waals surface area contributed by atoms with Crippen LogP contribution in [0.2, 0.25) is 5.02 Å². The van der Waals surface area contributed by atoms with Gasteiger partial charge in [-0.1, -0.05) is 43.5 Å². The molecule has 0 radical (unpaired) electrons. The number of halogens is 1. The highest BCUT2D eigenvalue weighted by molar-refractivity contribution is 7.80. The van der Waals surface area contributed by atoms with Crippen LogP contribution in [0.3, 0.4) is 0 Å². The maximum absolute atomic E-state index is 13.3. The lowest BCUT2D eigenvalue weighted by molar-refractivity contribution is -0.122. The van der Waals surface area contributed by atoms with Crippen LogP contribution in [-0.4, -0.2) is 29.1 Å². The number of benzene rings is 2. The van der Waals surface area contributed by atoms with Crippen molar-refractivity contribution in [3.8, 4) is 11.5 Å². The minimum atomic E-state index is -0.547. The van der Waals surface area contributed by atoms with E-state index in [1.165, 1.54) is 12.0 Å². The summed E-state index contributed by atoms with van der Waals surface area (Å²) >= 11 is 11.2. The molecule has 0 atom stereocenters. The number of carbonyl (C=O) groups excluding carboxylic acids is 2. The number of methoxy groups -OCH3 is 1. The van der Waals surface area contributed by atoms with Gasteiger partial charge in [0.15, 0.2) is 16.6 Å². The van der Waals surface area contributed by atoms with E-state index in [2.05, 4.69) is 12.2 Å². The number of thiocarbonyl (C=S) groups is 1. The molecule has 1 saturated heterocycles. The van der Waals surface area contributed by atoms with E-state index in [0.29, 0.717) is 22.9 Å². The van der Waals surface area contributed by atoms with E-state index in [0.717, 1.165) is 30.4 Å². The van der Waals surface area contributed by atoms with Crippen LogP contribution in [0.5, 0.6) is 11.5 Å². The number of aromatic hydroxyl groups is 1. The molecule has 2 aromatic rings. The summed E-state index contributed by atoms with van der Waals surface area (Å²) in [6, 6.07) is 11.7. The van der Waals surface area contributed by atoms with Crippen molar-refractivity contribution in [1.29, 1.82) is 0 Å². The van der Waals surface area contributed by atoms with Crippen LogP contribution < -0.4 is 15.0 Å². The highest BCUT2D eigenvalue weighted by Gasteiger charge is 2.34. The lowest BCUT2D eigenvalue weighted by Gasteiger charge is -2.29. The number of hydrogen-bond donors (Lipinski definition) is 2. The molecule has 33 heavy (non-hydrogen) atoms. The van der Waals surface area contributed by atoms with Gasteiger partial charge in [0.25, 0.3) is 11.8 Å². The Hall–Kier alpha value is -3.16. The highest BCUT2D eigenvalue weighted by Crippen LogP contribution is 2.29. The van der Waals surface area contributed by atoms with E-state index in [9.17, 15) is 14.7 Å². The molecule has 1 aliphatic heterocycles. The van der Waals surface area contributed by atoms with Crippen LogP contribution in [0.4, 0.5) is 5.69 Å². The number of carbonyl (C=O) groups is 2. The molecule has 172 valence electrons. The lowest BCUT2D eigenvalue weighted by atomic mass is 10.00. The van der Waals surface area contributed by atoms with E-state index < -0.39 is 11.8 Å². The van der Waals surface area contributed by atoms with Crippen molar-refractivity contribution in [2.24, 2.45) is 0 Å². The van der Waals surface area contributed by atoms with Crippen LogP contribution in [0, 0.1) is 0 Å². The first-order chi connectivity index (χ1) is 15.8. The van der Waals surface area contributed by atoms with Gasteiger partial charge in [0.05, 0.1) is 12.8 Å². The largest absolute Gasteiger partial charge is 0.504 e. The molecule has 0 saturated carbocycles. The molecule has 0 aromatic heterocycles. The Morgan fingerprint density at radius 3 is 2.55 bits per heavy atom. The summed E-state index contributed by atoms with van der Waals surface area (Å²) in [6.07, 6.45) is 7.04. The van der Waals surface area contributed by atoms with Crippen molar-refractivity contribution in [2.75, 3.05) is 12.0 Å². The van der Waals surface area contributed by atoms with Crippen LogP contribution in [-0.2, 0) is 9.59 Å². The number of hydrogen-bond acceptors (Lipinski definition) is 5. The highest BCUT2D eigenvalue weighted by atomic mass is 35.5. The maximum Gasteiger partial charge on any atom is 0.270 e. The van der Waals surface area contributed by atoms with Gasteiger partial charge in [0.1, 0.15) is 5.57 Å². The normalized spacial score (nSPS) is 15.7. The lowest BCUT2D eigenvalue weighted by Crippen LogP contribution is -2.54. The average molecular weight is 485 g/mol. The molecule has 3 rings (SSSR count). The molecular weight excluding hydrogens is 460 g/mol. The first-order valence-corrected chi connectivity index (χ1v) is 11.4. The monoisotopic (exact) mass is 484 g/mol. The van der Waals surface area contributed by atoms with E-state index in [1.807, 2.05) is 6.08 Å². The molecule has 2 N–H and O–H groups in total. The second-order valence-electron chi connectivity index (χ2n) is 7.54. The van der Waals surface area contributed by atoms with Crippen molar-refractivity contribution in [1.82, 2.24) is 5.32 Å². The van der Waals surface area contributed by atoms with Gasteiger partial charge in [-0.25, -0.2) is 0 Å². The minimum Gasteiger partial charge on any atom is -0.504 e. The molecule has 1 aliphatic rings. The van der Waals surface area contributed by atoms with Gasteiger partial charge in [0.2, 0.25) is 0 Å². The standard InChI is InChI=1S/C25H25ClN2O4S/c1-3-4-5-6-16(13-17-7-12-22(32-2)21(29)15-17)14-20-23(30)27-25(33)28(24(20)31)19-10-8-18(26)9-11-19/h7-15,29H,3-6H2,1-2H3,(H,27,30,33). The molecule has 2 amide bonds. The zero-order chi connectivity index (χ0) is 24.0. The zero-order valence-corrected chi connectivity index (χ0v) is 20.0. The number of nitrogens with zero attached hydrogens (tertiary/aromatic N) is 1. The fourth-order valence-electron chi connectivity index (χ4n) is 3.44. The van der Waals surface area contributed by atoms with Gasteiger partial charge in [-0.2, -0.15) is 0 Å². The maximum atomic E-state index is 13.3. The Kier molecular flexibility index (Phi) is 8.25. The van der Waals surface area contributed by atoms with Crippen molar-refractivity contribution in [2.45, 2.75) is 32.6 Å². The number of allylic oxidation sites excluding steroid dienone is 2. The summed E-state index contributed by atoms with van der Waals surface area (Å²) in [5, 5.41) is 13.3. The smallest absolute Gasteiger partial charge is 0.270 e. The topological polar surface area (TPSA) is 78.9 Å². The zero-order valence-electron chi connectivity index (χ0n) is 18.4. The second kappa shape index (κ2) is 11.1. The molecule has 2 aromatic carbocycles. The van der Waals surface area contributed by atoms with Crippen LogP contribution in [0.15, 0.2) is 59.7 Å². The molecule has 6 nitrogen and oxygen atoms in total. The number of unbranched alkanes of at least 4 members (excludes halogenated alkanes) is 2. The van der Waals surface area contributed by atoms with Crippen LogP contribution >= 0.6 is 23.8 Å². The van der Waals surface area contributed by atoms with E-state index in [4.69, 9.17) is 28.6 Å². The molecule has 0 unspecified atom stereocenters. The summed E-state index contributed by atoms with van der Waals surface area (Å²) in [4.78, 5) is 27.2. The molecule has 0 aliphatic carbocycles. The summed E-state index contributed by atoms with van der Waals surface area (Å²) in [5.41, 5.74) is 2.01. The van der Waals surface area contributed by atoms with Crippen molar-refractivity contribution in [3.63, 3.8) is 0 Å². The SMILES string of the molecule is CCCCCC(=Cc1ccc(OC)c(O)c1)C=C1C(=O)NC(=S)N(c2ccc(Cl)cc2)C1=O. The summed E-state index contributed by atoms with van der Waals surface area (Å²) in [6.45, 7) is 2.10. The van der Waals surface area contributed by atoms with Crippen LogP contribution in [0.25, 0.3) is 6.08 Å². The number of nitrogens with one attached hydrogen (secondary N) is 1. The molecule has 8 heteroatoms. The third-order valence-corrected chi connectivity index (χ3v) is 5.68. The number of phenolic OH excluding ortho intramolecular Hbond substituents is 1. The summed E-state index contributed by atoms with van der Waals surface area (Å²) in [7, 11) is 1.48. The molecule has 1 fully saturated rings. The Labute approximate surface area is 203 Å².